The van der Waals surface area contributed by atoms with Crippen LogP contribution in [0.25, 0.3) is 31.4 Å². The summed E-state index contributed by atoms with van der Waals surface area (Å²) in [6, 6.07) is -4.31. The fraction of sp³-hybridized carbons (Fsp3) is 0.553. The molecule has 3 saturated heterocycles. The van der Waals surface area contributed by atoms with Gasteiger partial charge >= 0.3 is 0 Å². The average Bonchev–Trinajstić information content (AvgIpc) is 1.60. The van der Waals surface area contributed by atoms with E-state index in [1.54, 1.807) is 74.8 Å². The van der Waals surface area contributed by atoms with Gasteiger partial charge in [0, 0.05) is 112 Å². The Morgan fingerprint density at radius 3 is 1.84 bits per heavy atom. The predicted octanol–water partition coefficient (Wildman–Crippen LogP) is -3.90. The molecule has 3 aliphatic heterocycles. The predicted molar refractivity (Wildman–Crippen MR) is 534 cm³/mol. The number of nitrogens with two attached hydrogens (primary N) is 4. The summed E-state index contributed by atoms with van der Waals surface area (Å²) in [7, 11) is 3.82. The number of carbonyl (C=O) groups is 19. The first-order chi connectivity index (χ1) is 69.0. The number of para-hydroxylation sites is 1. The molecule has 0 spiro atoms. The minimum absolute atomic E-state index is 0.0330. The Balaban J connectivity index is 1.20. The van der Waals surface area contributed by atoms with Crippen molar-refractivity contribution in [3.05, 3.63) is 112 Å². The minimum atomic E-state index is -1.91. The van der Waals surface area contributed by atoms with Crippen molar-refractivity contribution in [1.82, 2.24) is 98.6 Å². The number of nitrogens with zero attached hydrogens (tertiary/aromatic N) is 8. The number of rotatable bonds is 32. The van der Waals surface area contributed by atoms with Gasteiger partial charge in [-0.2, -0.15) is 0 Å². The largest absolute Gasteiger partial charge is 0.508 e. The Kier molecular flexibility index (Phi) is 45.3. The number of nitrogens with one attached hydrogen (secondary N) is 15. The lowest BCUT2D eigenvalue weighted by atomic mass is 10.00. The molecule has 2 aromatic heterocycles. The van der Waals surface area contributed by atoms with E-state index < -0.39 is 272 Å². The van der Waals surface area contributed by atoms with Gasteiger partial charge in [0.25, 0.3) is 0 Å². The Bertz CT molecular complexity index is 5510. The topological polar surface area (TPSA) is 750 Å². The first-order valence-electron chi connectivity index (χ1n) is 48.0. The molecule has 1 unspecified atom stereocenters. The number of azide groups is 1. The monoisotopic (exact) mass is 2060 g/mol. The fourth-order valence-electron chi connectivity index (χ4n) is 17.1. The molecule has 51 heteroatoms. The molecular formula is C94H135N27O22S2. The van der Waals surface area contributed by atoms with E-state index in [1.165, 1.54) is 63.7 Å². The summed E-state index contributed by atoms with van der Waals surface area (Å²) in [4.78, 5) is 288. The zero-order valence-electron chi connectivity index (χ0n) is 82.3. The number of phenolic OH excluding ortho intramolecular Hbond substituents is 1. The van der Waals surface area contributed by atoms with E-state index in [-0.39, 0.29) is 108 Å². The number of aliphatic hydroxyl groups is 2. The summed E-state index contributed by atoms with van der Waals surface area (Å²) < 4.78 is 0.789. The number of primary amides is 2. The number of aromatic hydroxyl groups is 1. The lowest BCUT2D eigenvalue weighted by Gasteiger charge is -2.36. The number of phenols is 1. The molecule has 5 heterocycles. The number of carbonyl (C=O) groups excluding carboxylic acids is 19. The Morgan fingerprint density at radius 2 is 1.18 bits per heavy atom. The Hall–Kier alpha value is -14.3. The first-order valence-corrected chi connectivity index (χ1v) is 50.0. The summed E-state index contributed by atoms with van der Waals surface area (Å²) >= 11 is 2.02. The Morgan fingerprint density at radius 1 is 0.600 bits per heavy atom. The van der Waals surface area contributed by atoms with Gasteiger partial charge in [-0.15, -0.1) is 23.1 Å². The van der Waals surface area contributed by atoms with Crippen LogP contribution in [-0.2, 0) is 110 Å². The van der Waals surface area contributed by atoms with Gasteiger partial charge in [-0.25, -0.2) is 0 Å². The van der Waals surface area contributed by atoms with Gasteiger partial charge in [-0.1, -0.05) is 107 Å². The van der Waals surface area contributed by atoms with Crippen LogP contribution < -0.4 is 92.1 Å². The highest BCUT2D eigenvalue weighted by atomic mass is 32.2. The van der Waals surface area contributed by atoms with E-state index in [0.717, 1.165) is 29.2 Å². The number of unbranched alkanes of at least 4 members (excludes halogenated alkanes) is 2. The van der Waals surface area contributed by atoms with E-state index in [4.69, 9.17) is 33.9 Å². The lowest BCUT2D eigenvalue weighted by molar-refractivity contribution is -0.149. The van der Waals surface area contributed by atoms with E-state index in [2.05, 4.69) is 84.1 Å². The van der Waals surface area contributed by atoms with Crippen molar-refractivity contribution in [3.63, 3.8) is 0 Å². The van der Waals surface area contributed by atoms with Crippen molar-refractivity contribution in [3.8, 4) is 5.75 Å². The SMILES string of the molecule is CCCC[C@H]1C(=O)N(C)[C@@H](CCCC)C(=O)N[C@@H](CCCNC(=N)N)C(=O)N[C@H](C(=O)NCC(=O)NCC(=O)N[C@@H](CCN=[N+]=[N-])C(N)=O)CSCC(=O)NC(Cc2ccc(O)cc2)C(=O)N(C)[C@@H](C)C(=O)N[C@@H](CC(N)=O)C(=O)N2CCC[C@H]2C(=O)N[C@@H](CN)C(=O)N[C@@H](CC(C)C)C(=O)N2C[C@H](O)C[C@H]2C(=O)N[C@@H](Cc2c[nH]c3ccccc23)C(=O)N[C@@H](CO)C(=O)N[C@@H](Cc2csc3ccccc23)C(=O)N1C. The summed E-state index contributed by atoms with van der Waals surface area (Å²) in [5.74, 6) is -21.0. The van der Waals surface area contributed by atoms with Crippen molar-refractivity contribution >= 4 is 162 Å². The van der Waals surface area contributed by atoms with Crippen LogP contribution in [0, 0.1) is 11.3 Å². The Labute approximate surface area is 845 Å². The van der Waals surface area contributed by atoms with Gasteiger partial charge in [0.05, 0.1) is 38.0 Å². The molecule has 0 aliphatic carbocycles. The third kappa shape index (κ3) is 33.9. The maximum absolute atomic E-state index is 15.8. The van der Waals surface area contributed by atoms with E-state index in [0.29, 0.717) is 64.0 Å². The van der Waals surface area contributed by atoms with Crippen molar-refractivity contribution in [2.24, 2.45) is 34.0 Å². The second kappa shape index (κ2) is 56.7. The minimum Gasteiger partial charge on any atom is -0.508 e. The number of H-pyrrole nitrogens is 1. The van der Waals surface area contributed by atoms with Crippen LogP contribution in [0.15, 0.2) is 89.5 Å². The van der Waals surface area contributed by atoms with Crippen molar-refractivity contribution in [2.45, 2.75) is 241 Å². The zero-order chi connectivity index (χ0) is 107. The highest BCUT2D eigenvalue weighted by molar-refractivity contribution is 8.00. The third-order valence-electron chi connectivity index (χ3n) is 25.2. The molecular weight excluding hydrogens is 1920 g/mol. The molecule has 0 radical (unpaired) electrons. The van der Waals surface area contributed by atoms with Crippen LogP contribution in [0.5, 0.6) is 5.75 Å². The summed E-state index contributed by atoms with van der Waals surface area (Å²) in [6.45, 7) is 3.96. The molecule has 790 valence electrons. The number of amides is 19. The van der Waals surface area contributed by atoms with Gasteiger partial charge in [0.15, 0.2) is 5.96 Å². The third-order valence-corrected chi connectivity index (χ3v) is 27.2. The first kappa shape index (κ1) is 116. The number of hydrogen-bond donors (Lipinski definition) is 22. The summed E-state index contributed by atoms with van der Waals surface area (Å²) in [5.41, 5.74) is 33.7. The second-order valence-corrected chi connectivity index (χ2v) is 38.3. The van der Waals surface area contributed by atoms with E-state index in [1.807, 2.05) is 13.0 Å². The second-order valence-electron chi connectivity index (χ2n) is 36.4. The van der Waals surface area contributed by atoms with Gasteiger partial charge in [0.1, 0.15) is 96.4 Å². The molecule has 16 atom stereocenters. The number of hydrogen-bond acceptors (Lipinski definition) is 27. The van der Waals surface area contributed by atoms with Crippen LogP contribution in [-0.4, -0.2) is 345 Å². The number of guanidine groups is 1. The molecule has 3 aromatic carbocycles. The number of aromatic amines is 1. The summed E-state index contributed by atoms with van der Waals surface area (Å²) in [6.07, 6.45) is -1.13. The van der Waals surface area contributed by atoms with Crippen molar-refractivity contribution in [2.75, 3.05) is 85.1 Å². The number of likely N-dealkylation sites (N-methyl/N-ethyl adjacent to an activating group) is 3. The van der Waals surface area contributed by atoms with Crippen LogP contribution in [0.1, 0.15) is 141 Å². The molecule has 145 heavy (non-hydrogen) atoms. The van der Waals surface area contributed by atoms with Crippen molar-refractivity contribution < 1.29 is 106 Å². The summed E-state index contributed by atoms with van der Waals surface area (Å²) in [5, 5.41) is 80.4. The van der Waals surface area contributed by atoms with Crippen molar-refractivity contribution in [1.29, 1.82) is 5.41 Å². The molecule has 0 bridgehead atoms. The van der Waals surface area contributed by atoms with Crippen LogP contribution in [0.3, 0.4) is 0 Å². The molecule has 3 aliphatic rings. The van der Waals surface area contributed by atoms with E-state index in [9.17, 15) is 68.1 Å². The van der Waals surface area contributed by atoms with Gasteiger partial charge in [-0.3, -0.25) is 96.5 Å². The maximum atomic E-state index is 15.8. The normalized spacial score (nSPS) is 23.9. The number of aromatic nitrogens is 1. The number of thiophene rings is 1. The molecule has 49 nitrogen and oxygen atoms in total. The standard InChI is InChI=1S/C94H135N27O22S2/c1-9-11-23-70-86(136)108-61(22-17-32-101-94(98)99)82(132)115-69(81(131)104-43-76(126)103-44-77(127)106-60(79(97)129)31-33-105-116-100)48-144-49-78(128)107-64(36-52-27-29-55(123)30-28-52)89(139)117(6)51(5)80(130)110-66(40-75(96)125)91(141)120-34-18-25-71(120)87(137)113-67(41-95)84(134)111-63(35-50(3)4)92(142)121-45-56(124)39-73(121)88(138)109-62(37-53-42-102-59-21-15-13-19-57(53)59)83(133)114-68(46-122)85(135)112-65(38-54-47-145-74-26-16-14-20-58(54)74)90(140)119(8)72(24-12-10-2)93(143)118(70)7/h13-16,19-21,26-30,42,47,50-51,56,60-73,102,122-124H,9-12,17-18,22-25,31-41,43-46,48-49,95H2,1-8H3,(H2,96,125)(H2,97,129)(H,103,126)(H,104,131)(H,106,127)(H,107,128)(H,108,136)(H,109,138)(H,110,130)(H,111,134)(H,112,135)(H,113,137)(H,114,133)(H,115,132)(H4,98,99,101)/t51-,56+,60-,61-,62-,63-,64?,65-,66-,67-,68-,69-,70-,71-,72-,73-/m0/s1. The highest BCUT2D eigenvalue weighted by Crippen LogP contribution is 2.30. The lowest BCUT2D eigenvalue weighted by Crippen LogP contribution is -2.62. The van der Waals surface area contributed by atoms with Gasteiger partial charge in [-0.05, 0) is 121 Å². The average molecular weight is 2060 g/mol. The number of fused-ring (bicyclic) bond motifs is 4. The van der Waals surface area contributed by atoms with Gasteiger partial charge < -0.3 is 137 Å². The molecule has 5 aromatic rings. The number of aliphatic hydroxyl groups excluding tert-OH is 2. The van der Waals surface area contributed by atoms with Crippen LogP contribution >= 0.6 is 23.1 Å². The molecule has 8 rings (SSSR count). The molecule has 0 saturated carbocycles. The van der Waals surface area contributed by atoms with E-state index >= 15 is 38.4 Å². The number of benzene rings is 3. The van der Waals surface area contributed by atoms with Gasteiger partial charge in [0.2, 0.25) is 112 Å². The fourth-order valence-corrected chi connectivity index (χ4v) is 18.9. The zero-order valence-corrected chi connectivity index (χ0v) is 83.9. The maximum Gasteiger partial charge on any atom is 0.246 e. The molecule has 3 fully saturated rings. The molecule has 19 amide bonds. The van der Waals surface area contributed by atoms with Crippen LogP contribution in [0.4, 0.5) is 0 Å². The van der Waals surface area contributed by atoms with Crippen LogP contribution in [0.2, 0.25) is 0 Å². The molecule has 26 N–H and O–H groups in total. The number of thioether (sulfide) groups is 1. The quantitative estimate of drug-likeness (QED) is 0.00489. The smallest absolute Gasteiger partial charge is 0.246 e. The highest BCUT2D eigenvalue weighted by Gasteiger charge is 2.47.